The average molecular weight is 525 g/mol. The first-order chi connectivity index (χ1) is 18.2. The summed E-state index contributed by atoms with van der Waals surface area (Å²) in [6.45, 7) is -0.277. The predicted octanol–water partition coefficient (Wildman–Crippen LogP) is 3.67. The highest BCUT2D eigenvalue weighted by Gasteiger charge is 2.59. The number of para-hydroxylation sites is 1. The lowest BCUT2D eigenvalue weighted by Crippen LogP contribution is -2.34. The van der Waals surface area contributed by atoms with Crippen molar-refractivity contribution in [2.24, 2.45) is 0 Å². The number of H-pyrrole nitrogens is 2. The van der Waals surface area contributed by atoms with E-state index in [1.54, 1.807) is 29.0 Å². The summed E-state index contributed by atoms with van der Waals surface area (Å²) in [5.41, 5.74) is 2.91. The van der Waals surface area contributed by atoms with Crippen LogP contribution in [0.2, 0.25) is 0 Å². The Balaban J connectivity index is 0.000000140. The summed E-state index contributed by atoms with van der Waals surface area (Å²) >= 11 is 0. The van der Waals surface area contributed by atoms with Crippen molar-refractivity contribution in [1.29, 1.82) is 0 Å². The van der Waals surface area contributed by atoms with Gasteiger partial charge in [-0.2, -0.15) is 18.3 Å². The van der Waals surface area contributed by atoms with E-state index in [0.29, 0.717) is 22.9 Å². The Labute approximate surface area is 213 Å². The third kappa shape index (κ3) is 4.29. The summed E-state index contributed by atoms with van der Waals surface area (Å²) in [6, 6.07) is 9.07. The van der Waals surface area contributed by atoms with Crippen molar-refractivity contribution < 1.29 is 18.0 Å². The fourth-order valence-corrected chi connectivity index (χ4v) is 5.03. The van der Waals surface area contributed by atoms with Gasteiger partial charge in [-0.05, 0) is 49.3 Å². The molecule has 2 aliphatic carbocycles. The minimum Gasteiger partial charge on any atom is -0.313 e. The van der Waals surface area contributed by atoms with Gasteiger partial charge in [-0.1, -0.05) is 18.2 Å². The van der Waals surface area contributed by atoms with Crippen molar-refractivity contribution in [3.8, 4) is 11.3 Å². The summed E-state index contributed by atoms with van der Waals surface area (Å²) in [7, 11) is 0. The van der Waals surface area contributed by atoms with Crippen LogP contribution >= 0.6 is 0 Å². The van der Waals surface area contributed by atoms with Crippen LogP contribution in [0.25, 0.3) is 16.9 Å². The molecule has 1 aliphatic heterocycles. The second-order valence-corrected chi connectivity index (χ2v) is 9.86. The van der Waals surface area contributed by atoms with Crippen LogP contribution in [-0.4, -0.2) is 43.2 Å². The molecular weight excluding hydrogens is 501 g/mol. The van der Waals surface area contributed by atoms with E-state index in [9.17, 15) is 27.6 Å². The molecule has 0 radical (unpaired) electrons. The lowest BCUT2D eigenvalue weighted by molar-refractivity contribution is -0.133. The van der Waals surface area contributed by atoms with Gasteiger partial charge < -0.3 is 9.88 Å². The number of carbonyl (C=O) groups is 1. The summed E-state index contributed by atoms with van der Waals surface area (Å²) in [5.74, 6) is 0.330. The Hall–Kier alpha value is -4.22. The standard InChI is InChI=1S/C13H12F3NO.C13H11N5O2/c14-13(15,16)7-8-17-10-4-2-1-3-9(10)12(5-6-12)11(17)18;19-12-9(6-15-13(20)16-12)10-5-8(7-1-2-7)11-14-3-4-18(11)17-10/h1-4H,5-8H2;3-7H,1-2H2,(H2,15,16,19,20). The monoisotopic (exact) mass is 524 g/mol. The molecule has 1 aromatic carbocycles. The second kappa shape index (κ2) is 8.67. The highest BCUT2D eigenvalue weighted by Crippen LogP contribution is 2.57. The lowest BCUT2D eigenvalue weighted by Gasteiger charge is -2.18. The average Bonchev–Trinajstić information content (AvgIpc) is 3.79. The Morgan fingerprint density at radius 3 is 2.55 bits per heavy atom. The SMILES string of the molecule is O=C1N(CCC(F)(F)F)c2ccccc2C12CC2.O=c1[nH]cc(-c2cc(C3CC3)c3nccn3n2)c(=O)[nH]1. The molecule has 0 bridgehead atoms. The van der Waals surface area contributed by atoms with Gasteiger partial charge in [0.15, 0.2) is 5.65 Å². The zero-order chi connectivity index (χ0) is 26.7. The molecule has 0 saturated heterocycles. The van der Waals surface area contributed by atoms with Crippen LogP contribution in [0.1, 0.15) is 49.1 Å². The van der Waals surface area contributed by atoms with Crippen molar-refractivity contribution >= 4 is 17.2 Å². The summed E-state index contributed by atoms with van der Waals surface area (Å²) in [6.07, 6.45) is 3.43. The third-order valence-corrected chi connectivity index (χ3v) is 7.23. The molecular formula is C26H23F3N6O3. The van der Waals surface area contributed by atoms with E-state index in [1.807, 2.05) is 18.2 Å². The number of aromatic amines is 2. The van der Waals surface area contributed by atoms with E-state index < -0.39 is 29.3 Å². The Morgan fingerprint density at radius 2 is 1.87 bits per heavy atom. The van der Waals surface area contributed by atoms with Crippen LogP contribution in [0.3, 0.4) is 0 Å². The molecule has 3 aromatic heterocycles. The minimum absolute atomic E-state index is 0.159. The maximum atomic E-state index is 12.3. The van der Waals surface area contributed by atoms with Crippen LogP contribution in [0.4, 0.5) is 18.9 Å². The van der Waals surface area contributed by atoms with Crippen LogP contribution in [0, 0.1) is 0 Å². The lowest BCUT2D eigenvalue weighted by atomic mass is 9.98. The number of alkyl halides is 3. The zero-order valence-corrected chi connectivity index (χ0v) is 20.1. The number of halogens is 3. The van der Waals surface area contributed by atoms with Crippen LogP contribution in [0.5, 0.6) is 0 Å². The number of carbonyl (C=O) groups excluding carboxylic acids is 1. The summed E-state index contributed by atoms with van der Waals surface area (Å²) in [4.78, 5) is 45.5. The minimum atomic E-state index is -4.23. The van der Waals surface area contributed by atoms with Crippen molar-refractivity contribution in [2.75, 3.05) is 11.4 Å². The van der Waals surface area contributed by atoms with Gasteiger partial charge in [-0.25, -0.2) is 14.3 Å². The van der Waals surface area contributed by atoms with Gasteiger partial charge in [0.2, 0.25) is 5.91 Å². The predicted molar refractivity (Wildman–Crippen MR) is 132 cm³/mol. The number of anilines is 1. The molecule has 4 heterocycles. The summed E-state index contributed by atoms with van der Waals surface area (Å²) in [5, 5.41) is 4.38. The molecule has 38 heavy (non-hydrogen) atoms. The zero-order valence-electron chi connectivity index (χ0n) is 20.1. The number of nitrogens with one attached hydrogen (secondary N) is 2. The van der Waals surface area contributed by atoms with Crippen molar-refractivity contribution in [3.05, 3.63) is 80.9 Å². The van der Waals surface area contributed by atoms with E-state index in [2.05, 4.69) is 20.1 Å². The first-order valence-corrected chi connectivity index (χ1v) is 12.3. The molecule has 7 rings (SSSR count). The highest BCUT2D eigenvalue weighted by atomic mass is 19.4. The van der Waals surface area contributed by atoms with Gasteiger partial charge in [0.05, 0.1) is 23.1 Å². The fourth-order valence-electron chi connectivity index (χ4n) is 5.03. The Morgan fingerprint density at radius 1 is 1.11 bits per heavy atom. The topological polar surface area (TPSA) is 116 Å². The number of benzene rings is 1. The van der Waals surface area contributed by atoms with Gasteiger partial charge in [0.1, 0.15) is 0 Å². The molecule has 12 heteroatoms. The van der Waals surface area contributed by atoms with E-state index in [4.69, 9.17) is 0 Å². The highest BCUT2D eigenvalue weighted by molar-refractivity contribution is 6.10. The Bertz CT molecular complexity index is 1660. The van der Waals surface area contributed by atoms with Crippen molar-refractivity contribution in [2.45, 2.75) is 49.6 Å². The van der Waals surface area contributed by atoms with Gasteiger partial charge in [-0.3, -0.25) is 14.6 Å². The second-order valence-electron chi connectivity index (χ2n) is 9.86. The maximum Gasteiger partial charge on any atom is 0.390 e. The van der Waals surface area contributed by atoms with Gasteiger partial charge in [0, 0.05) is 36.4 Å². The van der Waals surface area contributed by atoms with Crippen molar-refractivity contribution in [3.63, 3.8) is 0 Å². The molecule has 1 amide bonds. The Kier molecular flexibility index (Phi) is 5.51. The van der Waals surface area contributed by atoms with E-state index in [0.717, 1.165) is 42.5 Å². The number of amides is 1. The summed E-state index contributed by atoms with van der Waals surface area (Å²) < 4.78 is 38.5. The van der Waals surface area contributed by atoms with Gasteiger partial charge >= 0.3 is 11.9 Å². The van der Waals surface area contributed by atoms with Crippen LogP contribution < -0.4 is 16.1 Å². The normalized spacial score (nSPS) is 17.4. The molecule has 1 spiro atoms. The first-order valence-electron chi connectivity index (χ1n) is 12.3. The van der Waals surface area contributed by atoms with Crippen LogP contribution in [-0.2, 0) is 10.2 Å². The molecule has 0 atom stereocenters. The van der Waals surface area contributed by atoms with Gasteiger partial charge in [-0.15, -0.1) is 0 Å². The first kappa shape index (κ1) is 24.1. The van der Waals surface area contributed by atoms with Gasteiger partial charge in [0.25, 0.3) is 5.56 Å². The molecule has 196 valence electrons. The molecule has 9 nitrogen and oxygen atoms in total. The third-order valence-electron chi connectivity index (χ3n) is 7.23. The molecule has 4 aromatic rings. The smallest absolute Gasteiger partial charge is 0.313 e. The number of nitrogens with zero attached hydrogens (tertiary/aromatic N) is 4. The number of hydrogen-bond acceptors (Lipinski definition) is 5. The molecule has 2 N–H and O–H groups in total. The molecule has 2 saturated carbocycles. The number of fused-ring (bicyclic) bond motifs is 3. The van der Waals surface area contributed by atoms with Crippen molar-refractivity contribution in [1.82, 2.24) is 24.6 Å². The van der Waals surface area contributed by atoms with E-state index >= 15 is 0 Å². The number of imidazole rings is 1. The fraction of sp³-hybridized carbons (Fsp3) is 0.346. The number of hydrogen-bond donors (Lipinski definition) is 2. The largest absolute Gasteiger partial charge is 0.390 e. The molecule has 3 aliphatic rings. The van der Waals surface area contributed by atoms with E-state index in [1.165, 1.54) is 11.1 Å². The quantitative estimate of drug-likeness (QED) is 0.423. The number of rotatable bonds is 4. The van der Waals surface area contributed by atoms with E-state index in [-0.39, 0.29) is 12.5 Å². The number of aromatic nitrogens is 5. The molecule has 0 unspecified atom stereocenters. The van der Waals surface area contributed by atoms with Crippen LogP contribution in [0.15, 0.2) is 58.5 Å². The molecule has 2 fully saturated rings. The maximum absolute atomic E-state index is 12.3.